The average molecular weight is 1320 g/mol. The number of aliphatic hydroxyl groups excluding tert-OH is 21. The molecule has 8 aliphatic rings. The van der Waals surface area contributed by atoms with Crippen molar-refractivity contribution in [3.8, 4) is 0 Å². The van der Waals surface area contributed by atoms with Crippen LogP contribution in [-0.2, 0) is 75.8 Å². The van der Waals surface area contributed by atoms with Gasteiger partial charge in [-0.2, -0.15) is 0 Å². The molecule has 25 unspecified atom stereocenters. The zero-order valence-electron chi connectivity index (χ0n) is 48.4. The molecular formula is C51H88N2O37. The normalized spacial score (nSPS) is 53.1. The van der Waals surface area contributed by atoms with Gasteiger partial charge in [0, 0.05) is 0 Å². The van der Waals surface area contributed by atoms with Gasteiger partial charge in [0.15, 0.2) is 50.3 Å². The van der Waals surface area contributed by atoms with Gasteiger partial charge in [-0.3, -0.25) is 0 Å². The number of rotatable bonds is 23. The lowest BCUT2D eigenvalue weighted by atomic mass is 9.94. The first-order chi connectivity index (χ1) is 42.7. The van der Waals surface area contributed by atoms with Crippen LogP contribution in [0.25, 0.3) is 0 Å². The maximum atomic E-state index is 12.3. The minimum atomic E-state index is -2.31. The molecule has 8 fully saturated rings. The van der Waals surface area contributed by atoms with Gasteiger partial charge < -0.3 is 194 Å². The molecule has 8 aliphatic heterocycles. The fourth-order valence-electron chi connectivity index (χ4n) is 11.6. The van der Waals surface area contributed by atoms with Crippen molar-refractivity contribution in [1.29, 1.82) is 0 Å². The Morgan fingerprint density at radius 3 is 1.07 bits per heavy atom. The Balaban J connectivity index is 1.11. The summed E-state index contributed by atoms with van der Waals surface area (Å²) in [5, 5.41) is 228. The fourth-order valence-corrected chi connectivity index (χ4v) is 11.6. The Hall–Kier alpha value is -1.82. The summed E-state index contributed by atoms with van der Waals surface area (Å²) in [4.78, 5) is 0. The highest BCUT2D eigenvalue weighted by Crippen LogP contribution is 2.39. The second-order valence-electron chi connectivity index (χ2n) is 23.2. The maximum Gasteiger partial charge on any atom is 0.187 e. The number of ether oxygens (including phenoxy) is 16. The lowest BCUT2D eigenvalue weighted by molar-refractivity contribution is -0.393. The minimum Gasteiger partial charge on any atom is -0.394 e. The van der Waals surface area contributed by atoms with E-state index in [0.29, 0.717) is 0 Å². The topological polar surface area (TPSA) is 625 Å². The SMILES string of the molecule is C=CCO[C@@H]1OC(CO)[C@H](O[C@@H]2OC(CO[C@@H]3OC(CO)[C@H](O[C@@H]4OC(CO)[C@H](O)C(O)C4O)C(OC4OC(C)[C@@H](O)C(O)C4O)C3N)[C@H](O)C(O[C@@H]3OC(CO)[C@H](O[C@@H]4OC(C)[C@H](O)C(O)C4O)C(O[C@@H]4OC(CO)[C@H](O)C(O)C4O)C3N)C2O)C(O)C1O. The predicted octanol–water partition coefficient (Wildman–Crippen LogP) is -15.3. The third-order valence-electron chi connectivity index (χ3n) is 17.1. The molecule has 8 heterocycles. The number of nitrogens with two attached hydrogens (primary N) is 2. The van der Waals surface area contributed by atoms with Crippen molar-refractivity contribution in [3.05, 3.63) is 12.7 Å². The van der Waals surface area contributed by atoms with E-state index in [1.54, 1.807) is 0 Å². The molecule has 0 saturated carbocycles. The van der Waals surface area contributed by atoms with Gasteiger partial charge in [0.1, 0.15) is 171 Å². The Bertz CT molecular complexity index is 2190. The largest absolute Gasteiger partial charge is 0.394 e. The van der Waals surface area contributed by atoms with E-state index in [-0.39, 0.29) is 6.61 Å². The summed E-state index contributed by atoms with van der Waals surface area (Å²) in [6, 6.07) is -3.64. The van der Waals surface area contributed by atoms with Crippen molar-refractivity contribution in [3.63, 3.8) is 0 Å². The van der Waals surface area contributed by atoms with Crippen molar-refractivity contribution in [1.82, 2.24) is 0 Å². The zero-order chi connectivity index (χ0) is 66.1. The highest BCUT2D eigenvalue weighted by atomic mass is 16.8. The van der Waals surface area contributed by atoms with Crippen molar-refractivity contribution in [2.45, 2.75) is 259 Å². The van der Waals surface area contributed by atoms with Gasteiger partial charge in [-0.1, -0.05) is 6.08 Å². The monoisotopic (exact) mass is 1320 g/mol. The third kappa shape index (κ3) is 15.4. The maximum absolute atomic E-state index is 12.3. The molecule has 0 aromatic heterocycles. The molecule has 0 aliphatic carbocycles. The van der Waals surface area contributed by atoms with Crippen molar-refractivity contribution in [2.75, 3.05) is 46.2 Å². The molecular weight excluding hydrogens is 1230 g/mol. The molecule has 0 bridgehead atoms. The first-order valence-corrected chi connectivity index (χ1v) is 29.1. The van der Waals surface area contributed by atoms with Gasteiger partial charge in [0.2, 0.25) is 0 Å². The second kappa shape index (κ2) is 32.0. The Morgan fingerprint density at radius 1 is 0.300 bits per heavy atom. The van der Waals surface area contributed by atoms with Crippen LogP contribution < -0.4 is 11.5 Å². The van der Waals surface area contributed by atoms with E-state index >= 15 is 0 Å². The Morgan fingerprint density at radius 2 is 0.622 bits per heavy atom. The minimum absolute atomic E-state index is 0.206. The Kier molecular flexibility index (Phi) is 26.3. The van der Waals surface area contributed by atoms with E-state index in [2.05, 4.69) is 6.58 Å². The van der Waals surface area contributed by atoms with Crippen molar-refractivity contribution in [2.24, 2.45) is 11.5 Å². The molecule has 90 heavy (non-hydrogen) atoms. The van der Waals surface area contributed by atoms with E-state index in [4.69, 9.17) is 87.3 Å². The van der Waals surface area contributed by atoms with Crippen LogP contribution in [0.2, 0.25) is 0 Å². The molecule has 40 atom stereocenters. The quantitative estimate of drug-likeness (QED) is 0.0422. The smallest absolute Gasteiger partial charge is 0.187 e. The van der Waals surface area contributed by atoms with Gasteiger partial charge in [0.25, 0.3) is 0 Å². The van der Waals surface area contributed by atoms with E-state index in [9.17, 15) is 107 Å². The standard InChI is InChI=1S/C51H88N2O37/c1-4-5-75-46-36(73)31(68)38(16(8-56)83-46)85-51-37(74)43(90-45-21(53)42(89-50-35(72)30(67)25(62)15(7-55)80-50)40(18(10-58)82-45)86-47-32(69)27(64)22(59)12(2)77-47)26(63)19(84-51)11-76-44-20(52)41(88-48-33(70)28(65)23(60)13(3)78-48)39(17(9-57)81-44)87-49-34(71)29(66)24(61)14(6-54)79-49/h4,12-51,54-74H,1,5-11,52-53H2,2-3H3/t12?,13?,14?,15?,16?,17?,18?,19?,20?,21?,22-,23+,24-,25-,26-,27?,28?,29?,30?,31?,32?,33?,34?,35?,36?,37?,38-,39-,40-,41?,42?,43?,44+,45-,46+,47-,48?,49-,50-,51-/m0/s1. The molecule has 0 aromatic rings. The molecule has 8 saturated heterocycles. The van der Waals surface area contributed by atoms with Crippen LogP contribution in [0, 0.1) is 0 Å². The van der Waals surface area contributed by atoms with Gasteiger partial charge in [-0.25, -0.2) is 0 Å². The summed E-state index contributed by atoms with van der Waals surface area (Å²) in [5.74, 6) is 0. The van der Waals surface area contributed by atoms with E-state index in [0.717, 1.165) is 0 Å². The lowest BCUT2D eigenvalue weighted by Gasteiger charge is -2.51. The van der Waals surface area contributed by atoms with E-state index in [1.807, 2.05) is 0 Å². The molecule has 524 valence electrons. The number of aliphatic hydroxyl groups is 21. The Labute approximate surface area is 511 Å². The summed E-state index contributed by atoms with van der Waals surface area (Å²) in [6.45, 7) is 0.0635. The first-order valence-electron chi connectivity index (χ1n) is 29.1. The van der Waals surface area contributed by atoms with Crippen LogP contribution in [0.15, 0.2) is 12.7 Å². The van der Waals surface area contributed by atoms with Crippen LogP contribution in [0.1, 0.15) is 13.8 Å². The lowest BCUT2D eigenvalue weighted by Crippen LogP contribution is -2.70. The van der Waals surface area contributed by atoms with Gasteiger partial charge in [-0.15, -0.1) is 6.58 Å². The average Bonchev–Trinajstić information content (AvgIpc) is 1.06. The van der Waals surface area contributed by atoms with Crippen LogP contribution in [0.3, 0.4) is 0 Å². The highest BCUT2D eigenvalue weighted by molar-refractivity contribution is 5.03. The van der Waals surface area contributed by atoms with Crippen molar-refractivity contribution < 1.29 is 183 Å². The summed E-state index contributed by atoms with van der Waals surface area (Å²) >= 11 is 0. The highest BCUT2D eigenvalue weighted by Gasteiger charge is 2.59. The first kappa shape index (κ1) is 74.0. The molecule has 0 radical (unpaired) electrons. The molecule has 8 rings (SSSR count). The van der Waals surface area contributed by atoms with Gasteiger partial charge in [0.05, 0.1) is 70.5 Å². The van der Waals surface area contributed by atoms with E-state index in [1.165, 1.54) is 19.9 Å². The fraction of sp³-hybridized carbons (Fsp3) is 0.961. The molecule has 0 amide bonds. The summed E-state index contributed by atoms with van der Waals surface area (Å²) < 4.78 is 94.4. The summed E-state index contributed by atoms with van der Waals surface area (Å²) in [7, 11) is 0. The molecule has 39 nitrogen and oxygen atoms in total. The van der Waals surface area contributed by atoms with Crippen LogP contribution in [0.5, 0.6) is 0 Å². The molecule has 25 N–H and O–H groups in total. The van der Waals surface area contributed by atoms with Crippen LogP contribution in [-0.4, -0.2) is 399 Å². The molecule has 39 heteroatoms. The van der Waals surface area contributed by atoms with E-state index < -0.39 is 285 Å². The van der Waals surface area contributed by atoms with Crippen LogP contribution in [0.4, 0.5) is 0 Å². The molecule has 0 aromatic carbocycles. The van der Waals surface area contributed by atoms with Gasteiger partial charge in [-0.05, 0) is 13.8 Å². The van der Waals surface area contributed by atoms with Crippen molar-refractivity contribution >= 4 is 0 Å². The summed E-state index contributed by atoms with van der Waals surface area (Å²) in [6.07, 6.45) is -69.5. The third-order valence-corrected chi connectivity index (χ3v) is 17.1. The zero-order valence-corrected chi connectivity index (χ0v) is 48.4. The predicted molar refractivity (Wildman–Crippen MR) is 279 cm³/mol. The summed E-state index contributed by atoms with van der Waals surface area (Å²) in [5.41, 5.74) is 13.6. The number of hydrogen-bond acceptors (Lipinski definition) is 39. The molecule has 0 spiro atoms. The second-order valence-corrected chi connectivity index (χ2v) is 23.2. The van der Waals surface area contributed by atoms with Gasteiger partial charge >= 0.3 is 0 Å². The number of hydrogen-bond donors (Lipinski definition) is 23. The van der Waals surface area contributed by atoms with Crippen LogP contribution >= 0.6 is 0 Å².